The number of aromatic nitrogens is 2. The van der Waals surface area contributed by atoms with Crippen LogP contribution in [-0.2, 0) is 0 Å². The second kappa shape index (κ2) is 10.4. The Labute approximate surface area is 213 Å². The number of piperazine rings is 1. The van der Waals surface area contributed by atoms with Crippen LogP contribution in [0.3, 0.4) is 0 Å². The fourth-order valence-corrected chi connectivity index (χ4v) is 6.38. The topological polar surface area (TPSA) is 53.4 Å². The van der Waals surface area contributed by atoms with Crippen LogP contribution in [0.25, 0.3) is 11.4 Å². The second-order valence-corrected chi connectivity index (χ2v) is 11.0. The number of anilines is 2. The van der Waals surface area contributed by atoms with Gasteiger partial charge in [-0.25, -0.2) is 4.98 Å². The lowest BCUT2D eigenvalue weighted by atomic mass is 9.95. The van der Waals surface area contributed by atoms with Gasteiger partial charge in [-0.1, -0.05) is 37.5 Å². The Morgan fingerprint density at radius 3 is 2.46 bits per heavy atom. The number of hydrogen-bond donors (Lipinski definition) is 1. The molecule has 1 saturated heterocycles. The molecule has 186 valence electrons. The van der Waals surface area contributed by atoms with Crippen molar-refractivity contribution in [1.29, 1.82) is 0 Å². The van der Waals surface area contributed by atoms with Crippen LogP contribution in [0.1, 0.15) is 68.0 Å². The first kappa shape index (κ1) is 23.9. The predicted octanol–water partition coefficient (Wildman–Crippen LogP) is 6.21. The van der Waals surface area contributed by atoms with Gasteiger partial charge in [0.2, 0.25) is 0 Å². The Kier molecular flexibility index (Phi) is 7.14. The third-order valence-corrected chi connectivity index (χ3v) is 8.10. The highest BCUT2D eigenvalue weighted by atomic mass is 32.1. The van der Waals surface area contributed by atoms with Crippen LogP contribution in [0.2, 0.25) is 0 Å². The minimum absolute atomic E-state index is 0.154. The van der Waals surface area contributed by atoms with Gasteiger partial charge in [-0.3, -0.25) is 4.79 Å². The number of thiazole rings is 1. The Bertz CT molecular complexity index is 1140. The maximum Gasteiger partial charge on any atom is 0.255 e. The number of rotatable bonds is 6. The average molecular weight is 492 g/mol. The van der Waals surface area contributed by atoms with E-state index in [2.05, 4.69) is 71.3 Å². The van der Waals surface area contributed by atoms with E-state index in [9.17, 15) is 4.79 Å². The van der Waals surface area contributed by atoms with Crippen LogP contribution in [-0.4, -0.2) is 52.6 Å². The van der Waals surface area contributed by atoms with Crippen LogP contribution in [0, 0.1) is 6.92 Å². The summed E-state index contributed by atoms with van der Waals surface area (Å²) in [4.78, 5) is 23.1. The fourth-order valence-electron chi connectivity index (χ4n) is 5.53. The van der Waals surface area contributed by atoms with E-state index in [1.165, 1.54) is 37.8 Å². The zero-order valence-corrected chi connectivity index (χ0v) is 22.0. The molecule has 1 saturated carbocycles. The number of carbonyl (C=O) groups excluding carboxylic acids is 1. The first-order valence-electron chi connectivity index (χ1n) is 13.0. The molecule has 2 fully saturated rings. The summed E-state index contributed by atoms with van der Waals surface area (Å²) in [6.45, 7) is 9.61. The van der Waals surface area contributed by atoms with E-state index in [1.54, 1.807) is 11.3 Å². The second-order valence-electron chi connectivity index (χ2n) is 10.1. The van der Waals surface area contributed by atoms with Gasteiger partial charge in [-0.15, -0.1) is 11.3 Å². The predicted molar refractivity (Wildman–Crippen MR) is 146 cm³/mol. The number of amides is 1. The van der Waals surface area contributed by atoms with E-state index in [1.807, 2.05) is 11.0 Å². The van der Waals surface area contributed by atoms with Crippen molar-refractivity contribution in [2.75, 3.05) is 36.4 Å². The molecule has 3 aromatic rings. The number of benzene rings is 1. The molecule has 0 bridgehead atoms. The lowest BCUT2D eigenvalue weighted by Crippen LogP contribution is -2.48. The van der Waals surface area contributed by atoms with E-state index in [-0.39, 0.29) is 5.91 Å². The molecule has 35 heavy (non-hydrogen) atoms. The van der Waals surface area contributed by atoms with Crippen molar-refractivity contribution in [3.8, 4) is 11.4 Å². The lowest BCUT2D eigenvalue weighted by molar-refractivity contribution is 0.0745. The third kappa shape index (κ3) is 5.10. The van der Waals surface area contributed by atoms with Crippen molar-refractivity contribution in [1.82, 2.24) is 14.5 Å². The Balaban J connectivity index is 1.41. The third-order valence-electron chi connectivity index (χ3n) is 7.33. The number of para-hydroxylation sites is 1. The molecule has 6 nitrogen and oxygen atoms in total. The van der Waals surface area contributed by atoms with E-state index >= 15 is 0 Å². The van der Waals surface area contributed by atoms with Gasteiger partial charge in [0, 0.05) is 55.0 Å². The minimum Gasteiger partial charge on any atom is -0.368 e. The van der Waals surface area contributed by atoms with Crippen LogP contribution < -0.4 is 10.2 Å². The average Bonchev–Trinajstić information content (AvgIpc) is 3.48. The molecule has 2 aromatic heterocycles. The summed E-state index contributed by atoms with van der Waals surface area (Å²) in [6, 6.07) is 13.4. The molecule has 0 spiro atoms. The van der Waals surface area contributed by atoms with Crippen molar-refractivity contribution in [3.63, 3.8) is 0 Å². The SMILES string of the molecule is Cc1c(C(=O)N2CCN(c3ccccc3)CC2)cc(-c2csc(NC(C)C)n2)n1C1CCCCC1. The minimum atomic E-state index is 0.154. The number of nitrogens with one attached hydrogen (secondary N) is 1. The first-order valence-corrected chi connectivity index (χ1v) is 13.9. The molecule has 0 radical (unpaired) electrons. The van der Waals surface area contributed by atoms with Gasteiger partial charge in [0.05, 0.1) is 17.0 Å². The summed E-state index contributed by atoms with van der Waals surface area (Å²) in [5.74, 6) is 0.154. The summed E-state index contributed by atoms with van der Waals surface area (Å²) in [6.07, 6.45) is 6.16. The zero-order valence-electron chi connectivity index (χ0n) is 21.2. The zero-order chi connectivity index (χ0) is 24.4. The molecule has 7 heteroatoms. The summed E-state index contributed by atoms with van der Waals surface area (Å²) in [5.41, 5.74) is 5.23. The molecular weight excluding hydrogens is 454 g/mol. The Morgan fingerprint density at radius 1 is 1.06 bits per heavy atom. The van der Waals surface area contributed by atoms with Gasteiger partial charge in [0.1, 0.15) is 0 Å². The van der Waals surface area contributed by atoms with Crippen molar-refractivity contribution < 1.29 is 4.79 Å². The van der Waals surface area contributed by atoms with Gasteiger partial charge >= 0.3 is 0 Å². The van der Waals surface area contributed by atoms with E-state index in [4.69, 9.17) is 4.98 Å². The molecule has 1 amide bonds. The first-order chi connectivity index (χ1) is 17.0. The molecule has 1 aliphatic carbocycles. The molecule has 0 atom stereocenters. The van der Waals surface area contributed by atoms with Crippen LogP contribution in [0.15, 0.2) is 41.8 Å². The molecule has 5 rings (SSSR count). The molecule has 1 aromatic carbocycles. The van der Waals surface area contributed by atoms with E-state index in [0.29, 0.717) is 12.1 Å². The van der Waals surface area contributed by atoms with Crippen molar-refractivity contribution >= 4 is 28.1 Å². The molecular formula is C28H37N5OS. The van der Waals surface area contributed by atoms with E-state index < -0.39 is 0 Å². The summed E-state index contributed by atoms with van der Waals surface area (Å²) >= 11 is 1.64. The monoisotopic (exact) mass is 491 g/mol. The highest BCUT2D eigenvalue weighted by Crippen LogP contribution is 2.37. The standard InChI is InChI=1S/C28H37N5OS/c1-20(2)29-28-30-25(19-35-28)26-18-24(21(3)33(26)23-12-8-5-9-13-23)27(34)32-16-14-31(15-17-32)22-10-6-4-7-11-22/h4,6-7,10-11,18-20,23H,5,8-9,12-17H2,1-3H3,(H,29,30). The number of carbonyl (C=O) groups is 1. The molecule has 2 aliphatic rings. The van der Waals surface area contributed by atoms with Crippen molar-refractivity contribution in [2.24, 2.45) is 0 Å². The molecule has 1 aliphatic heterocycles. The summed E-state index contributed by atoms with van der Waals surface area (Å²) in [5, 5.41) is 6.50. The van der Waals surface area contributed by atoms with Gasteiger partial charge in [0.15, 0.2) is 5.13 Å². The van der Waals surface area contributed by atoms with Crippen LogP contribution >= 0.6 is 11.3 Å². The number of nitrogens with zero attached hydrogens (tertiary/aromatic N) is 4. The van der Waals surface area contributed by atoms with Gasteiger partial charge < -0.3 is 19.7 Å². The van der Waals surface area contributed by atoms with Crippen LogP contribution in [0.5, 0.6) is 0 Å². The molecule has 1 N–H and O–H groups in total. The summed E-state index contributed by atoms with van der Waals surface area (Å²) < 4.78 is 2.43. The Hall–Kier alpha value is -2.80. The molecule has 3 heterocycles. The van der Waals surface area contributed by atoms with Crippen LogP contribution in [0.4, 0.5) is 10.8 Å². The maximum absolute atomic E-state index is 13.8. The van der Waals surface area contributed by atoms with Gasteiger partial charge in [-0.2, -0.15) is 0 Å². The summed E-state index contributed by atoms with van der Waals surface area (Å²) in [7, 11) is 0. The van der Waals surface area contributed by atoms with Gasteiger partial charge in [0.25, 0.3) is 5.91 Å². The largest absolute Gasteiger partial charge is 0.368 e. The van der Waals surface area contributed by atoms with Crippen molar-refractivity contribution in [3.05, 3.63) is 53.0 Å². The fraction of sp³-hybridized carbons (Fsp3) is 0.500. The van der Waals surface area contributed by atoms with E-state index in [0.717, 1.165) is 54.0 Å². The van der Waals surface area contributed by atoms with Crippen molar-refractivity contribution in [2.45, 2.75) is 65.0 Å². The van der Waals surface area contributed by atoms with Gasteiger partial charge in [-0.05, 0) is 51.8 Å². The highest BCUT2D eigenvalue weighted by Gasteiger charge is 2.29. The number of hydrogen-bond acceptors (Lipinski definition) is 5. The smallest absolute Gasteiger partial charge is 0.255 e. The quantitative estimate of drug-likeness (QED) is 0.446. The highest BCUT2D eigenvalue weighted by molar-refractivity contribution is 7.14. The maximum atomic E-state index is 13.8. The molecule has 0 unspecified atom stereocenters. The Morgan fingerprint density at radius 2 is 1.77 bits per heavy atom. The normalized spacial score (nSPS) is 17.3. The lowest BCUT2D eigenvalue weighted by Gasteiger charge is -2.36.